The van der Waals surface area contributed by atoms with Gasteiger partial charge in [-0.3, -0.25) is 4.79 Å². The lowest BCUT2D eigenvalue weighted by Crippen LogP contribution is -2.44. The molecular weight excluding hydrogens is 280 g/mol. The lowest BCUT2D eigenvalue weighted by atomic mass is 10.1. The van der Waals surface area contributed by atoms with Gasteiger partial charge in [-0.2, -0.15) is 11.8 Å². The summed E-state index contributed by atoms with van der Waals surface area (Å²) in [7, 11) is 0. The van der Waals surface area contributed by atoms with E-state index in [-0.39, 0.29) is 0 Å². The van der Waals surface area contributed by atoms with Crippen molar-refractivity contribution in [2.75, 3.05) is 13.1 Å². The summed E-state index contributed by atoms with van der Waals surface area (Å²) in [4.78, 5) is 17.7. The molecule has 1 aliphatic heterocycles. The first kappa shape index (κ1) is 14.5. The molecule has 1 fully saturated rings. The molecule has 2 aromatic rings. The summed E-state index contributed by atoms with van der Waals surface area (Å²) in [6.07, 6.45) is 3.45. The molecule has 0 spiro atoms. The minimum Gasteiger partial charge on any atom is -0.361 e. The average Bonchev–Trinajstić information content (AvgIpc) is 2.87. The minimum absolute atomic E-state index is 0.291. The third kappa shape index (κ3) is 3.26. The Labute approximate surface area is 130 Å². The van der Waals surface area contributed by atoms with Gasteiger partial charge in [0.25, 0.3) is 0 Å². The molecule has 0 aliphatic carbocycles. The second-order valence-electron chi connectivity index (χ2n) is 5.92. The van der Waals surface area contributed by atoms with Crippen molar-refractivity contribution >= 4 is 28.6 Å². The maximum absolute atomic E-state index is 12.4. The number of nitrogens with one attached hydrogen (secondary N) is 1. The summed E-state index contributed by atoms with van der Waals surface area (Å²) in [5.41, 5.74) is 2.39. The highest BCUT2D eigenvalue weighted by Crippen LogP contribution is 2.25. The molecule has 3 rings (SSSR count). The van der Waals surface area contributed by atoms with Gasteiger partial charge in [-0.15, -0.1) is 0 Å². The normalized spacial score (nSPS) is 22.7. The van der Waals surface area contributed by atoms with Gasteiger partial charge in [-0.25, -0.2) is 0 Å². The molecule has 2 unspecified atom stereocenters. The second kappa shape index (κ2) is 6.14. The smallest absolute Gasteiger partial charge is 0.222 e. The first-order valence-electron chi connectivity index (χ1n) is 7.61. The molecule has 1 aromatic carbocycles. The molecule has 1 amide bonds. The van der Waals surface area contributed by atoms with Gasteiger partial charge >= 0.3 is 0 Å². The number of fused-ring (bicyclic) bond motifs is 1. The minimum atomic E-state index is 0.291. The van der Waals surface area contributed by atoms with Crippen LogP contribution in [0.2, 0.25) is 0 Å². The summed E-state index contributed by atoms with van der Waals surface area (Å²) in [6, 6.07) is 8.27. The van der Waals surface area contributed by atoms with Crippen LogP contribution in [-0.4, -0.2) is 39.4 Å². The molecule has 4 heteroatoms. The number of aromatic amines is 1. The van der Waals surface area contributed by atoms with E-state index >= 15 is 0 Å². The number of para-hydroxylation sites is 1. The maximum Gasteiger partial charge on any atom is 0.222 e. The zero-order valence-corrected chi connectivity index (χ0v) is 13.5. The van der Waals surface area contributed by atoms with E-state index in [9.17, 15) is 4.79 Å². The Bertz CT molecular complexity index is 627. The van der Waals surface area contributed by atoms with E-state index < -0.39 is 0 Å². The van der Waals surface area contributed by atoms with Crippen molar-refractivity contribution in [3.05, 3.63) is 36.0 Å². The zero-order chi connectivity index (χ0) is 14.8. The monoisotopic (exact) mass is 302 g/mol. The fourth-order valence-electron chi connectivity index (χ4n) is 3.12. The quantitative estimate of drug-likeness (QED) is 0.942. The van der Waals surface area contributed by atoms with E-state index in [4.69, 9.17) is 0 Å². The number of nitrogens with zero attached hydrogens (tertiary/aromatic N) is 1. The molecular formula is C17H22N2OS. The second-order valence-corrected chi connectivity index (χ2v) is 7.80. The number of H-pyrrole nitrogens is 1. The number of carbonyl (C=O) groups excluding carboxylic acids is 1. The van der Waals surface area contributed by atoms with E-state index in [0.717, 1.165) is 25.0 Å². The van der Waals surface area contributed by atoms with Gasteiger partial charge in [0, 0.05) is 47.1 Å². The standard InChI is InChI=1S/C17H22N2OS/c1-12-10-19(11-13(2)21-12)17(20)8-7-14-9-18-16-6-4-3-5-15(14)16/h3-6,9,12-13,18H,7-8,10-11H2,1-2H3. The van der Waals surface area contributed by atoms with Gasteiger partial charge in [0.15, 0.2) is 0 Å². The van der Waals surface area contributed by atoms with Crippen molar-refractivity contribution in [3.63, 3.8) is 0 Å². The lowest BCUT2D eigenvalue weighted by Gasteiger charge is -2.34. The highest BCUT2D eigenvalue weighted by atomic mass is 32.2. The van der Waals surface area contributed by atoms with Crippen molar-refractivity contribution in [3.8, 4) is 0 Å². The number of aromatic nitrogens is 1. The van der Waals surface area contributed by atoms with Gasteiger partial charge in [0.2, 0.25) is 5.91 Å². The maximum atomic E-state index is 12.4. The average molecular weight is 302 g/mol. The Balaban J connectivity index is 1.63. The first-order valence-corrected chi connectivity index (χ1v) is 8.56. The summed E-state index contributed by atoms with van der Waals surface area (Å²) in [5.74, 6) is 0.291. The van der Waals surface area contributed by atoms with Gasteiger partial charge in [-0.1, -0.05) is 32.0 Å². The summed E-state index contributed by atoms with van der Waals surface area (Å²) in [6.45, 7) is 6.20. The Morgan fingerprint density at radius 2 is 2.00 bits per heavy atom. The Morgan fingerprint density at radius 1 is 1.29 bits per heavy atom. The highest BCUT2D eigenvalue weighted by Gasteiger charge is 2.25. The van der Waals surface area contributed by atoms with Crippen LogP contribution in [0.3, 0.4) is 0 Å². The third-order valence-corrected chi connectivity index (χ3v) is 5.28. The number of carbonyl (C=O) groups is 1. The number of thioether (sulfide) groups is 1. The molecule has 21 heavy (non-hydrogen) atoms. The van der Waals surface area contributed by atoms with Crippen LogP contribution >= 0.6 is 11.8 Å². The first-order chi connectivity index (χ1) is 10.1. The lowest BCUT2D eigenvalue weighted by molar-refractivity contribution is -0.131. The molecule has 1 aliphatic rings. The fraction of sp³-hybridized carbons (Fsp3) is 0.471. The summed E-state index contributed by atoms with van der Waals surface area (Å²) < 4.78 is 0. The molecule has 1 saturated heterocycles. The Kier molecular flexibility index (Phi) is 4.24. The SMILES string of the molecule is CC1CN(C(=O)CCc2c[nH]c3ccccc23)CC(C)S1. The number of hydrogen-bond acceptors (Lipinski definition) is 2. The Hall–Kier alpha value is -1.42. The van der Waals surface area contributed by atoms with Crippen LogP contribution < -0.4 is 0 Å². The third-order valence-electron chi connectivity index (χ3n) is 4.06. The van der Waals surface area contributed by atoms with E-state index in [1.165, 1.54) is 10.9 Å². The molecule has 1 N–H and O–H groups in total. The fourth-order valence-corrected chi connectivity index (χ4v) is 4.44. The van der Waals surface area contributed by atoms with Crippen molar-refractivity contribution in [2.24, 2.45) is 0 Å². The van der Waals surface area contributed by atoms with Crippen LogP contribution in [0.5, 0.6) is 0 Å². The number of aryl methyl sites for hydroxylation is 1. The Morgan fingerprint density at radius 3 is 2.76 bits per heavy atom. The van der Waals surface area contributed by atoms with Crippen LogP contribution in [0.1, 0.15) is 25.8 Å². The summed E-state index contributed by atoms with van der Waals surface area (Å²) >= 11 is 1.98. The van der Waals surface area contributed by atoms with Crippen LogP contribution in [0.15, 0.2) is 30.5 Å². The van der Waals surface area contributed by atoms with E-state index in [2.05, 4.69) is 31.0 Å². The van der Waals surface area contributed by atoms with Crippen molar-refractivity contribution in [1.82, 2.24) is 9.88 Å². The van der Waals surface area contributed by atoms with Gasteiger partial charge < -0.3 is 9.88 Å². The number of rotatable bonds is 3. The van der Waals surface area contributed by atoms with Gasteiger partial charge in [-0.05, 0) is 18.1 Å². The number of benzene rings is 1. The van der Waals surface area contributed by atoms with Gasteiger partial charge in [0.05, 0.1) is 0 Å². The number of hydrogen-bond donors (Lipinski definition) is 1. The van der Waals surface area contributed by atoms with Crippen molar-refractivity contribution in [1.29, 1.82) is 0 Å². The zero-order valence-electron chi connectivity index (χ0n) is 12.6. The topological polar surface area (TPSA) is 36.1 Å². The van der Waals surface area contributed by atoms with E-state index in [0.29, 0.717) is 22.8 Å². The molecule has 0 bridgehead atoms. The van der Waals surface area contributed by atoms with E-state index in [1.807, 2.05) is 35.0 Å². The van der Waals surface area contributed by atoms with Crippen LogP contribution in [0.25, 0.3) is 10.9 Å². The molecule has 0 saturated carbocycles. The van der Waals surface area contributed by atoms with Gasteiger partial charge in [0.1, 0.15) is 0 Å². The number of amides is 1. The molecule has 3 nitrogen and oxygen atoms in total. The van der Waals surface area contributed by atoms with E-state index in [1.54, 1.807) is 0 Å². The van der Waals surface area contributed by atoms with Crippen molar-refractivity contribution < 1.29 is 4.79 Å². The molecule has 1 aromatic heterocycles. The molecule has 112 valence electrons. The predicted molar refractivity (Wildman–Crippen MR) is 89.7 cm³/mol. The van der Waals surface area contributed by atoms with Crippen LogP contribution in [0, 0.1) is 0 Å². The molecule has 2 atom stereocenters. The molecule has 0 radical (unpaired) electrons. The van der Waals surface area contributed by atoms with Crippen molar-refractivity contribution in [2.45, 2.75) is 37.2 Å². The molecule has 2 heterocycles. The highest BCUT2D eigenvalue weighted by molar-refractivity contribution is 8.00. The summed E-state index contributed by atoms with van der Waals surface area (Å²) in [5, 5.41) is 2.33. The van der Waals surface area contributed by atoms with Crippen LogP contribution in [-0.2, 0) is 11.2 Å². The predicted octanol–water partition coefficient (Wildman–Crippen LogP) is 3.45. The van der Waals surface area contributed by atoms with Crippen LogP contribution in [0.4, 0.5) is 0 Å². The largest absolute Gasteiger partial charge is 0.361 e.